The van der Waals surface area contributed by atoms with E-state index in [4.69, 9.17) is 15.0 Å². The molecule has 5 heteroatoms. The first-order valence-corrected chi connectivity index (χ1v) is 6.89. The predicted molar refractivity (Wildman–Crippen MR) is 77.2 cm³/mol. The summed E-state index contributed by atoms with van der Waals surface area (Å²) in [6.07, 6.45) is 0. The fraction of sp³-hybridized carbons (Fsp3) is 0.538. The maximum atomic E-state index is 6.23. The van der Waals surface area contributed by atoms with Gasteiger partial charge >= 0.3 is 7.12 Å². The lowest BCUT2D eigenvalue weighted by atomic mass is 9.75. The second-order valence-corrected chi connectivity index (χ2v) is 6.62. The third-order valence-electron chi connectivity index (χ3n) is 3.82. The number of nitrogens with two attached hydrogens (primary N) is 1. The molecule has 1 saturated heterocycles. The summed E-state index contributed by atoms with van der Waals surface area (Å²) >= 11 is 3.41. The van der Waals surface area contributed by atoms with Gasteiger partial charge in [0.15, 0.2) is 0 Å². The summed E-state index contributed by atoms with van der Waals surface area (Å²) in [7, 11) is -0.406. The zero-order chi connectivity index (χ0) is 13.6. The van der Waals surface area contributed by atoms with E-state index in [2.05, 4.69) is 15.9 Å². The monoisotopic (exact) mass is 311 g/mol. The summed E-state index contributed by atoms with van der Waals surface area (Å²) in [5, 5.41) is 0. The second kappa shape index (κ2) is 4.64. The van der Waals surface area contributed by atoms with Crippen molar-refractivity contribution in [2.75, 3.05) is 0 Å². The van der Waals surface area contributed by atoms with Crippen molar-refractivity contribution in [3.8, 4) is 0 Å². The SMILES string of the molecule is CC1(C)OB([C@H](N)c2ccc(Br)cc2)OC1(C)C. The van der Waals surface area contributed by atoms with E-state index >= 15 is 0 Å². The van der Waals surface area contributed by atoms with Gasteiger partial charge in [0.1, 0.15) is 0 Å². The highest BCUT2D eigenvalue weighted by atomic mass is 79.9. The van der Waals surface area contributed by atoms with Crippen molar-refractivity contribution in [1.29, 1.82) is 0 Å². The molecule has 1 fully saturated rings. The van der Waals surface area contributed by atoms with Crippen molar-refractivity contribution in [2.45, 2.75) is 44.8 Å². The smallest absolute Gasteiger partial charge is 0.402 e. The van der Waals surface area contributed by atoms with Gasteiger partial charge in [-0.1, -0.05) is 28.1 Å². The molecule has 0 aromatic heterocycles. The lowest BCUT2D eigenvalue weighted by Gasteiger charge is -2.32. The molecule has 1 aliphatic rings. The van der Waals surface area contributed by atoms with Gasteiger partial charge in [0.25, 0.3) is 0 Å². The number of benzene rings is 1. The van der Waals surface area contributed by atoms with Gasteiger partial charge in [0.2, 0.25) is 0 Å². The third-order valence-corrected chi connectivity index (χ3v) is 4.35. The zero-order valence-corrected chi connectivity index (χ0v) is 12.8. The van der Waals surface area contributed by atoms with E-state index in [0.717, 1.165) is 10.0 Å². The summed E-state index contributed by atoms with van der Waals surface area (Å²) in [5.74, 6) is -0.279. The third kappa shape index (κ3) is 2.50. The molecule has 1 heterocycles. The van der Waals surface area contributed by atoms with Gasteiger partial charge in [-0.2, -0.15) is 0 Å². The van der Waals surface area contributed by atoms with Crippen LogP contribution in [0.4, 0.5) is 0 Å². The van der Waals surface area contributed by atoms with Gasteiger partial charge in [0.05, 0.1) is 17.1 Å². The van der Waals surface area contributed by atoms with Crippen LogP contribution in [0, 0.1) is 0 Å². The zero-order valence-electron chi connectivity index (χ0n) is 11.2. The lowest BCUT2D eigenvalue weighted by Crippen LogP contribution is -2.41. The molecule has 0 unspecified atom stereocenters. The number of rotatable bonds is 2. The van der Waals surface area contributed by atoms with E-state index in [-0.39, 0.29) is 17.1 Å². The van der Waals surface area contributed by atoms with E-state index in [1.54, 1.807) is 0 Å². The Balaban J connectivity index is 2.17. The summed E-state index contributed by atoms with van der Waals surface area (Å²) < 4.78 is 12.9. The van der Waals surface area contributed by atoms with E-state index < -0.39 is 7.12 Å². The van der Waals surface area contributed by atoms with Crippen LogP contribution in [0.1, 0.15) is 39.2 Å². The molecule has 2 rings (SSSR count). The van der Waals surface area contributed by atoms with Crippen molar-refractivity contribution >= 4 is 23.0 Å². The summed E-state index contributed by atoms with van der Waals surface area (Å²) in [4.78, 5) is 0. The van der Waals surface area contributed by atoms with Crippen LogP contribution in [0.5, 0.6) is 0 Å². The van der Waals surface area contributed by atoms with Crippen molar-refractivity contribution in [2.24, 2.45) is 5.73 Å². The molecule has 1 aromatic carbocycles. The van der Waals surface area contributed by atoms with Crippen LogP contribution in [0.15, 0.2) is 28.7 Å². The van der Waals surface area contributed by atoms with Crippen LogP contribution in [0.3, 0.4) is 0 Å². The normalized spacial score (nSPS) is 23.1. The fourth-order valence-electron chi connectivity index (χ4n) is 1.88. The standard InChI is InChI=1S/C13H19BBrNO2/c1-12(2)13(3,4)18-14(17-12)11(16)9-5-7-10(15)8-6-9/h5-8,11H,16H2,1-4H3/t11-/m1/s1. The van der Waals surface area contributed by atoms with Gasteiger partial charge in [-0.25, -0.2) is 0 Å². The largest absolute Gasteiger partial charge is 0.480 e. The molecule has 3 nitrogen and oxygen atoms in total. The first-order valence-electron chi connectivity index (χ1n) is 6.10. The molecule has 1 aromatic rings. The van der Waals surface area contributed by atoms with Crippen molar-refractivity contribution in [3.05, 3.63) is 34.3 Å². The average molecular weight is 312 g/mol. The molecule has 98 valence electrons. The molecule has 0 amide bonds. The molecule has 0 radical (unpaired) electrons. The van der Waals surface area contributed by atoms with Gasteiger partial charge in [-0.15, -0.1) is 0 Å². The van der Waals surface area contributed by atoms with E-state index in [0.29, 0.717) is 0 Å². The minimum Gasteiger partial charge on any atom is -0.402 e. The van der Waals surface area contributed by atoms with Crippen LogP contribution in [-0.4, -0.2) is 18.3 Å². The molecule has 2 N–H and O–H groups in total. The number of halogens is 1. The van der Waals surface area contributed by atoms with Crippen LogP contribution in [-0.2, 0) is 9.31 Å². The minimum atomic E-state index is -0.406. The highest BCUT2D eigenvalue weighted by Crippen LogP contribution is 2.39. The summed E-state index contributed by atoms with van der Waals surface area (Å²) in [6.45, 7) is 8.12. The summed E-state index contributed by atoms with van der Waals surface area (Å²) in [6, 6.07) is 7.92. The minimum absolute atomic E-state index is 0.279. The Bertz CT molecular complexity index is 417. The fourth-order valence-corrected chi connectivity index (χ4v) is 2.14. The van der Waals surface area contributed by atoms with E-state index in [1.807, 2.05) is 52.0 Å². The molecule has 1 atom stereocenters. The Morgan fingerprint density at radius 3 is 1.94 bits per heavy atom. The van der Waals surface area contributed by atoms with Crippen LogP contribution < -0.4 is 5.73 Å². The highest BCUT2D eigenvalue weighted by molar-refractivity contribution is 9.10. The number of hydrogen-bond acceptors (Lipinski definition) is 3. The molecule has 1 aliphatic heterocycles. The lowest BCUT2D eigenvalue weighted by molar-refractivity contribution is 0.00578. The van der Waals surface area contributed by atoms with Gasteiger partial charge in [-0.05, 0) is 45.4 Å². The molecule has 0 saturated carbocycles. The van der Waals surface area contributed by atoms with E-state index in [9.17, 15) is 0 Å². The maximum Gasteiger partial charge on any atom is 0.480 e. The molecule has 0 aliphatic carbocycles. The van der Waals surface area contributed by atoms with Crippen LogP contribution in [0.2, 0.25) is 0 Å². The summed E-state index contributed by atoms with van der Waals surface area (Å²) in [5.41, 5.74) is 6.55. The topological polar surface area (TPSA) is 44.5 Å². The Hall–Kier alpha value is -0.355. The predicted octanol–water partition coefficient (Wildman–Crippen LogP) is 3.08. The Morgan fingerprint density at radius 2 is 1.50 bits per heavy atom. The van der Waals surface area contributed by atoms with E-state index in [1.165, 1.54) is 0 Å². The molecule has 18 heavy (non-hydrogen) atoms. The molecule has 0 bridgehead atoms. The first-order chi connectivity index (χ1) is 8.23. The Labute approximate surface area is 117 Å². The second-order valence-electron chi connectivity index (χ2n) is 5.70. The maximum absolute atomic E-state index is 6.23. The molecule has 0 spiro atoms. The van der Waals surface area contributed by atoms with Gasteiger partial charge < -0.3 is 15.0 Å². The van der Waals surface area contributed by atoms with Gasteiger partial charge in [-0.3, -0.25) is 0 Å². The van der Waals surface area contributed by atoms with Crippen molar-refractivity contribution < 1.29 is 9.31 Å². The van der Waals surface area contributed by atoms with Crippen LogP contribution >= 0.6 is 15.9 Å². The highest BCUT2D eigenvalue weighted by Gasteiger charge is 2.53. The molecular weight excluding hydrogens is 293 g/mol. The number of hydrogen-bond donors (Lipinski definition) is 1. The Kier molecular flexibility index (Phi) is 3.62. The quantitative estimate of drug-likeness (QED) is 0.854. The Morgan fingerprint density at radius 1 is 1.06 bits per heavy atom. The van der Waals surface area contributed by atoms with Crippen LogP contribution in [0.25, 0.3) is 0 Å². The van der Waals surface area contributed by atoms with Crippen molar-refractivity contribution in [1.82, 2.24) is 0 Å². The first kappa shape index (κ1) is 14.1. The molecular formula is C13H19BBrNO2. The van der Waals surface area contributed by atoms with Crippen molar-refractivity contribution in [3.63, 3.8) is 0 Å². The average Bonchev–Trinajstić information content (AvgIpc) is 2.48. The van der Waals surface area contributed by atoms with Gasteiger partial charge in [0, 0.05) is 4.47 Å².